The molecule has 6 nitrogen and oxygen atoms in total. The maximum Gasteiger partial charge on any atom is 0.226 e. The largest absolute Gasteiger partial charge is 0.390 e. The summed E-state index contributed by atoms with van der Waals surface area (Å²) in [6.45, 7) is 0.540. The lowest BCUT2D eigenvalue weighted by molar-refractivity contribution is -0.128. The van der Waals surface area contributed by atoms with Gasteiger partial charge in [-0.15, -0.1) is 0 Å². The number of aliphatic hydroxyl groups excluding tert-OH is 1. The van der Waals surface area contributed by atoms with E-state index in [1.807, 2.05) is 19.0 Å². The first-order valence-corrected chi connectivity index (χ1v) is 7.91. The van der Waals surface area contributed by atoms with E-state index in [-0.39, 0.29) is 24.8 Å². The molecular weight excluding hydrogens is 313 g/mol. The summed E-state index contributed by atoms with van der Waals surface area (Å²) in [5, 5.41) is 12.5. The smallest absolute Gasteiger partial charge is 0.226 e. The number of carbonyl (C=O) groups is 2. The standard InChI is InChI=1S/C17H24FN3O3/c1-20(2)10-13(22)9-19-17(24)14-8-15(23)21(3)16(14)11-5-4-6-12(18)7-11/h4-7,13-14,16,22H,8-10H2,1-3H3,(H,19,24)/t13-,14-,16+/m1/s1. The number of carbonyl (C=O) groups excluding carboxylic acids is 2. The quantitative estimate of drug-likeness (QED) is 0.787. The van der Waals surface area contributed by atoms with Crippen LogP contribution in [0.5, 0.6) is 0 Å². The number of aliphatic hydroxyl groups is 1. The topological polar surface area (TPSA) is 72.9 Å². The highest BCUT2D eigenvalue weighted by Gasteiger charge is 2.42. The number of halogens is 1. The van der Waals surface area contributed by atoms with Gasteiger partial charge in [0.25, 0.3) is 0 Å². The lowest BCUT2D eigenvalue weighted by Gasteiger charge is -2.25. The second-order valence-corrected chi connectivity index (χ2v) is 6.48. The van der Waals surface area contributed by atoms with Crippen LogP contribution in [0, 0.1) is 11.7 Å². The fourth-order valence-corrected chi connectivity index (χ4v) is 3.09. The monoisotopic (exact) mass is 337 g/mol. The fraction of sp³-hybridized carbons (Fsp3) is 0.529. The van der Waals surface area contributed by atoms with E-state index < -0.39 is 23.9 Å². The molecule has 1 saturated heterocycles. The second-order valence-electron chi connectivity index (χ2n) is 6.48. The average Bonchev–Trinajstić information content (AvgIpc) is 2.80. The molecule has 0 aliphatic carbocycles. The van der Waals surface area contributed by atoms with Gasteiger partial charge in [0.2, 0.25) is 11.8 Å². The van der Waals surface area contributed by atoms with E-state index in [0.717, 1.165) is 0 Å². The van der Waals surface area contributed by atoms with Crippen LogP contribution in [-0.4, -0.2) is 67.1 Å². The minimum atomic E-state index is -0.689. The molecule has 132 valence electrons. The highest BCUT2D eigenvalue weighted by atomic mass is 19.1. The van der Waals surface area contributed by atoms with Crippen LogP contribution in [0.25, 0.3) is 0 Å². The Bertz CT molecular complexity index is 608. The summed E-state index contributed by atoms with van der Waals surface area (Å²) in [6, 6.07) is 5.45. The van der Waals surface area contributed by atoms with Crippen LogP contribution in [0.1, 0.15) is 18.0 Å². The van der Waals surface area contributed by atoms with Crippen molar-refractivity contribution >= 4 is 11.8 Å². The Morgan fingerprint density at radius 1 is 1.50 bits per heavy atom. The summed E-state index contributed by atoms with van der Waals surface area (Å²) in [7, 11) is 5.28. The molecule has 2 N–H and O–H groups in total. The first kappa shape index (κ1) is 18.4. The predicted octanol–water partition coefficient (Wildman–Crippen LogP) is 0.384. The van der Waals surface area contributed by atoms with E-state index in [4.69, 9.17) is 0 Å². The number of nitrogens with zero attached hydrogens (tertiary/aromatic N) is 2. The van der Waals surface area contributed by atoms with Gasteiger partial charge in [-0.3, -0.25) is 9.59 Å². The molecule has 0 spiro atoms. The van der Waals surface area contributed by atoms with Crippen molar-refractivity contribution in [2.45, 2.75) is 18.6 Å². The zero-order valence-corrected chi connectivity index (χ0v) is 14.2. The van der Waals surface area contributed by atoms with Crippen molar-refractivity contribution in [3.63, 3.8) is 0 Å². The highest BCUT2D eigenvalue weighted by molar-refractivity contribution is 5.90. The van der Waals surface area contributed by atoms with E-state index in [1.54, 1.807) is 19.2 Å². The van der Waals surface area contributed by atoms with E-state index in [9.17, 15) is 19.1 Å². The van der Waals surface area contributed by atoms with Crippen molar-refractivity contribution in [2.75, 3.05) is 34.2 Å². The Hall–Kier alpha value is -1.99. The van der Waals surface area contributed by atoms with Crippen LogP contribution in [0.4, 0.5) is 4.39 Å². The SMILES string of the molecule is CN(C)C[C@H](O)CNC(=O)[C@@H]1CC(=O)N(C)[C@H]1c1cccc(F)c1. The van der Waals surface area contributed by atoms with Crippen LogP contribution >= 0.6 is 0 Å². The second kappa shape index (κ2) is 7.72. The molecule has 0 saturated carbocycles. The average molecular weight is 337 g/mol. The number of benzene rings is 1. The Morgan fingerprint density at radius 2 is 2.21 bits per heavy atom. The Labute approximate surface area is 141 Å². The van der Waals surface area contributed by atoms with Crippen LogP contribution in [0.3, 0.4) is 0 Å². The van der Waals surface area contributed by atoms with Crippen molar-refractivity contribution in [3.05, 3.63) is 35.6 Å². The van der Waals surface area contributed by atoms with E-state index in [0.29, 0.717) is 12.1 Å². The van der Waals surface area contributed by atoms with Crippen molar-refractivity contribution in [1.29, 1.82) is 0 Å². The third-order valence-corrected chi connectivity index (χ3v) is 4.20. The van der Waals surface area contributed by atoms with E-state index in [1.165, 1.54) is 17.0 Å². The van der Waals surface area contributed by atoms with Gasteiger partial charge in [-0.2, -0.15) is 0 Å². The summed E-state index contributed by atoms with van der Waals surface area (Å²) < 4.78 is 13.5. The zero-order chi connectivity index (χ0) is 17.9. The van der Waals surface area contributed by atoms with Crippen molar-refractivity contribution in [3.8, 4) is 0 Å². The molecule has 3 atom stereocenters. The summed E-state index contributed by atoms with van der Waals surface area (Å²) in [6.07, 6.45) is -0.612. The van der Waals surface area contributed by atoms with Crippen LogP contribution in [0.15, 0.2) is 24.3 Å². The van der Waals surface area contributed by atoms with E-state index in [2.05, 4.69) is 5.32 Å². The minimum Gasteiger partial charge on any atom is -0.390 e. The normalized spacial score (nSPS) is 22.1. The maximum atomic E-state index is 13.5. The summed E-state index contributed by atoms with van der Waals surface area (Å²) in [5.41, 5.74) is 0.595. The van der Waals surface area contributed by atoms with Gasteiger partial charge >= 0.3 is 0 Å². The number of hydrogen-bond acceptors (Lipinski definition) is 4. The molecule has 1 fully saturated rings. The Kier molecular flexibility index (Phi) is 5.90. The molecular formula is C17H24FN3O3. The molecule has 2 rings (SSSR count). The lowest BCUT2D eigenvalue weighted by atomic mass is 9.93. The summed E-state index contributed by atoms with van der Waals surface area (Å²) in [4.78, 5) is 27.8. The molecule has 0 bridgehead atoms. The third kappa shape index (κ3) is 4.30. The van der Waals surface area contributed by atoms with Crippen LogP contribution in [0.2, 0.25) is 0 Å². The summed E-state index contributed by atoms with van der Waals surface area (Å²) >= 11 is 0. The van der Waals surface area contributed by atoms with Gasteiger partial charge in [0.15, 0.2) is 0 Å². The number of nitrogens with one attached hydrogen (secondary N) is 1. The van der Waals surface area contributed by atoms with Crippen molar-refractivity contribution < 1.29 is 19.1 Å². The Morgan fingerprint density at radius 3 is 2.83 bits per heavy atom. The molecule has 0 aromatic heterocycles. The number of likely N-dealkylation sites (N-methyl/N-ethyl adjacent to an activating group) is 1. The van der Waals surface area contributed by atoms with Crippen molar-refractivity contribution in [1.82, 2.24) is 15.1 Å². The first-order valence-electron chi connectivity index (χ1n) is 7.91. The molecule has 2 amide bonds. The molecule has 0 unspecified atom stereocenters. The molecule has 7 heteroatoms. The molecule has 1 aliphatic rings. The Balaban J connectivity index is 2.09. The van der Waals surface area contributed by atoms with Gasteiger partial charge in [-0.1, -0.05) is 12.1 Å². The lowest BCUT2D eigenvalue weighted by Crippen LogP contribution is -2.41. The molecule has 1 heterocycles. The first-order chi connectivity index (χ1) is 11.3. The number of likely N-dealkylation sites (tertiary alicyclic amines) is 1. The van der Waals surface area contributed by atoms with Gasteiger partial charge in [0.1, 0.15) is 5.82 Å². The van der Waals surface area contributed by atoms with E-state index >= 15 is 0 Å². The maximum absolute atomic E-state index is 13.5. The number of hydrogen-bond donors (Lipinski definition) is 2. The fourth-order valence-electron chi connectivity index (χ4n) is 3.09. The number of amides is 2. The predicted molar refractivity (Wildman–Crippen MR) is 87.6 cm³/mol. The van der Waals surface area contributed by atoms with Gasteiger partial charge in [-0.25, -0.2) is 4.39 Å². The summed E-state index contributed by atoms with van der Waals surface area (Å²) in [5.74, 6) is -1.46. The van der Waals surface area contributed by atoms with Gasteiger partial charge in [0.05, 0.1) is 18.1 Å². The molecule has 0 radical (unpaired) electrons. The number of rotatable bonds is 6. The molecule has 1 aromatic carbocycles. The molecule has 1 aromatic rings. The zero-order valence-electron chi connectivity index (χ0n) is 14.2. The van der Waals surface area contributed by atoms with Gasteiger partial charge < -0.3 is 20.2 Å². The molecule has 24 heavy (non-hydrogen) atoms. The highest BCUT2D eigenvalue weighted by Crippen LogP contribution is 2.37. The van der Waals surface area contributed by atoms with Crippen LogP contribution < -0.4 is 5.32 Å². The third-order valence-electron chi connectivity index (χ3n) is 4.20. The van der Waals surface area contributed by atoms with Crippen molar-refractivity contribution in [2.24, 2.45) is 5.92 Å². The molecule has 1 aliphatic heterocycles. The van der Waals surface area contributed by atoms with Crippen LogP contribution in [-0.2, 0) is 9.59 Å². The minimum absolute atomic E-state index is 0.0767. The van der Waals surface area contributed by atoms with Gasteiger partial charge in [0, 0.05) is 26.6 Å². The van der Waals surface area contributed by atoms with Gasteiger partial charge in [-0.05, 0) is 31.8 Å².